The molecule has 2 aromatic rings. The Labute approximate surface area is 153 Å². The van der Waals surface area contributed by atoms with Gasteiger partial charge in [-0.25, -0.2) is 9.18 Å². The molecule has 0 aliphatic rings. The first-order valence-corrected chi connectivity index (χ1v) is 8.36. The molecule has 0 aliphatic heterocycles. The zero-order valence-corrected chi connectivity index (χ0v) is 15.3. The van der Waals surface area contributed by atoms with Crippen molar-refractivity contribution in [2.45, 2.75) is 20.0 Å². The number of rotatable bonds is 5. The standard InChI is InChI=1S/C19H17BrFNO3/c1-12-5-3-4-6-14(12)7-10-18(23)25-13(2)19(24)22-17-9-8-15(20)11-16(17)21/h3-11,13H,1-2H3,(H,22,24)/b10-7+/t13-/m0/s1. The van der Waals surface area contributed by atoms with Crippen LogP contribution in [0.25, 0.3) is 6.08 Å². The SMILES string of the molecule is Cc1ccccc1/C=C/C(=O)O[C@@H](C)C(=O)Nc1ccc(Br)cc1F. The summed E-state index contributed by atoms with van der Waals surface area (Å²) < 4.78 is 19.3. The van der Waals surface area contributed by atoms with E-state index in [9.17, 15) is 14.0 Å². The molecule has 0 saturated heterocycles. The molecule has 6 heteroatoms. The fourth-order valence-electron chi connectivity index (χ4n) is 2.02. The van der Waals surface area contributed by atoms with Crippen LogP contribution in [0.1, 0.15) is 18.1 Å². The Balaban J connectivity index is 1.94. The molecular weight excluding hydrogens is 389 g/mol. The number of ether oxygens (including phenoxy) is 1. The Morgan fingerprint density at radius 2 is 1.96 bits per heavy atom. The molecule has 1 N–H and O–H groups in total. The van der Waals surface area contributed by atoms with Gasteiger partial charge in [-0.1, -0.05) is 40.2 Å². The monoisotopic (exact) mass is 405 g/mol. The molecule has 0 radical (unpaired) electrons. The van der Waals surface area contributed by atoms with Crippen LogP contribution < -0.4 is 5.32 Å². The minimum absolute atomic E-state index is 0.0200. The number of nitrogens with one attached hydrogen (secondary N) is 1. The first-order chi connectivity index (χ1) is 11.9. The third-order valence-electron chi connectivity index (χ3n) is 3.44. The topological polar surface area (TPSA) is 55.4 Å². The molecule has 25 heavy (non-hydrogen) atoms. The van der Waals surface area contributed by atoms with E-state index >= 15 is 0 Å². The maximum atomic E-state index is 13.7. The molecule has 0 unspecified atom stereocenters. The van der Waals surface area contributed by atoms with Crippen LogP contribution in [-0.2, 0) is 14.3 Å². The highest BCUT2D eigenvalue weighted by atomic mass is 79.9. The first-order valence-electron chi connectivity index (χ1n) is 7.57. The molecule has 130 valence electrons. The summed E-state index contributed by atoms with van der Waals surface area (Å²) in [7, 11) is 0. The predicted molar refractivity (Wildman–Crippen MR) is 98.5 cm³/mol. The van der Waals surface area contributed by atoms with Crippen molar-refractivity contribution in [1.29, 1.82) is 0 Å². The van der Waals surface area contributed by atoms with E-state index < -0.39 is 23.8 Å². The highest BCUT2D eigenvalue weighted by molar-refractivity contribution is 9.10. The number of hydrogen-bond donors (Lipinski definition) is 1. The smallest absolute Gasteiger partial charge is 0.331 e. The van der Waals surface area contributed by atoms with Crippen molar-refractivity contribution in [1.82, 2.24) is 0 Å². The number of halogens is 2. The second kappa shape index (κ2) is 8.58. The van der Waals surface area contributed by atoms with Crippen LogP contribution in [0.15, 0.2) is 53.0 Å². The Hall–Kier alpha value is -2.47. The van der Waals surface area contributed by atoms with Crippen LogP contribution in [0, 0.1) is 12.7 Å². The number of carbonyl (C=O) groups excluding carboxylic acids is 2. The molecule has 0 aromatic heterocycles. The van der Waals surface area contributed by atoms with E-state index in [2.05, 4.69) is 21.2 Å². The van der Waals surface area contributed by atoms with Crippen molar-refractivity contribution in [2.75, 3.05) is 5.32 Å². The Morgan fingerprint density at radius 1 is 1.24 bits per heavy atom. The van der Waals surface area contributed by atoms with Gasteiger partial charge in [-0.3, -0.25) is 4.79 Å². The molecule has 0 fully saturated rings. The summed E-state index contributed by atoms with van der Waals surface area (Å²) in [6.07, 6.45) is 1.82. The minimum atomic E-state index is -1.06. The van der Waals surface area contributed by atoms with Crippen LogP contribution in [0.4, 0.5) is 10.1 Å². The van der Waals surface area contributed by atoms with Gasteiger partial charge < -0.3 is 10.1 Å². The summed E-state index contributed by atoms with van der Waals surface area (Å²) in [5.41, 5.74) is 1.92. The van der Waals surface area contributed by atoms with Crippen LogP contribution in [0.3, 0.4) is 0 Å². The van der Waals surface area contributed by atoms with E-state index in [0.717, 1.165) is 11.1 Å². The molecule has 0 saturated carbocycles. The Kier molecular flexibility index (Phi) is 6.47. The summed E-state index contributed by atoms with van der Waals surface area (Å²) in [6.45, 7) is 3.35. The highest BCUT2D eigenvalue weighted by Crippen LogP contribution is 2.19. The number of hydrogen-bond acceptors (Lipinski definition) is 3. The first kappa shape index (κ1) is 18.9. The van der Waals surface area contributed by atoms with Crippen LogP contribution in [0.2, 0.25) is 0 Å². The van der Waals surface area contributed by atoms with Crippen LogP contribution >= 0.6 is 15.9 Å². The Bertz CT molecular complexity index is 820. The zero-order valence-electron chi connectivity index (χ0n) is 13.8. The maximum Gasteiger partial charge on any atom is 0.331 e. The zero-order chi connectivity index (χ0) is 18.4. The lowest BCUT2D eigenvalue weighted by atomic mass is 10.1. The van der Waals surface area contributed by atoms with Crippen molar-refractivity contribution in [3.05, 3.63) is 70.0 Å². The number of anilines is 1. The Morgan fingerprint density at radius 3 is 2.64 bits per heavy atom. The van der Waals surface area contributed by atoms with Gasteiger partial charge in [-0.2, -0.15) is 0 Å². The van der Waals surface area contributed by atoms with E-state index in [1.165, 1.54) is 25.1 Å². The van der Waals surface area contributed by atoms with E-state index in [0.29, 0.717) is 4.47 Å². The van der Waals surface area contributed by atoms with Gasteiger partial charge >= 0.3 is 5.97 Å². The quantitative estimate of drug-likeness (QED) is 0.589. The lowest BCUT2D eigenvalue weighted by Crippen LogP contribution is -2.29. The number of carbonyl (C=O) groups is 2. The number of benzene rings is 2. The van der Waals surface area contributed by atoms with Gasteiger partial charge in [0.15, 0.2) is 6.10 Å². The third kappa shape index (κ3) is 5.53. The molecule has 2 rings (SSSR count). The van der Waals surface area contributed by atoms with Crippen molar-refractivity contribution < 1.29 is 18.7 Å². The second-order valence-corrected chi connectivity index (χ2v) is 6.30. The normalized spacial score (nSPS) is 12.0. The van der Waals surface area contributed by atoms with E-state index in [-0.39, 0.29) is 5.69 Å². The van der Waals surface area contributed by atoms with Crippen molar-refractivity contribution in [3.8, 4) is 0 Å². The van der Waals surface area contributed by atoms with Crippen molar-refractivity contribution >= 4 is 39.6 Å². The fourth-order valence-corrected chi connectivity index (χ4v) is 2.36. The van der Waals surface area contributed by atoms with E-state index in [4.69, 9.17) is 4.74 Å². The minimum Gasteiger partial charge on any atom is -0.449 e. The molecule has 0 spiro atoms. The molecule has 1 amide bonds. The molecule has 4 nitrogen and oxygen atoms in total. The van der Waals surface area contributed by atoms with Gasteiger partial charge in [-0.05, 0) is 49.2 Å². The third-order valence-corrected chi connectivity index (χ3v) is 3.93. The average molecular weight is 406 g/mol. The van der Waals surface area contributed by atoms with Crippen LogP contribution in [0.5, 0.6) is 0 Å². The number of esters is 1. The fraction of sp³-hybridized carbons (Fsp3) is 0.158. The lowest BCUT2D eigenvalue weighted by Gasteiger charge is -2.13. The summed E-state index contributed by atoms with van der Waals surface area (Å²) in [6, 6.07) is 11.8. The van der Waals surface area contributed by atoms with Crippen molar-refractivity contribution in [2.24, 2.45) is 0 Å². The molecule has 0 bridgehead atoms. The van der Waals surface area contributed by atoms with Gasteiger partial charge in [0.2, 0.25) is 0 Å². The summed E-state index contributed by atoms with van der Waals surface area (Å²) >= 11 is 3.14. The number of aryl methyl sites for hydroxylation is 1. The molecular formula is C19H17BrFNO3. The summed E-state index contributed by atoms with van der Waals surface area (Å²) in [5, 5.41) is 2.39. The summed E-state index contributed by atoms with van der Waals surface area (Å²) in [5.74, 6) is -1.85. The van der Waals surface area contributed by atoms with Gasteiger partial charge in [0, 0.05) is 10.5 Å². The second-order valence-electron chi connectivity index (χ2n) is 5.38. The van der Waals surface area contributed by atoms with E-state index in [1.807, 2.05) is 31.2 Å². The average Bonchev–Trinajstić information content (AvgIpc) is 2.56. The van der Waals surface area contributed by atoms with Gasteiger partial charge in [0.1, 0.15) is 5.82 Å². The lowest BCUT2D eigenvalue weighted by molar-refractivity contribution is -0.148. The molecule has 1 atom stereocenters. The number of amides is 1. The highest BCUT2D eigenvalue weighted by Gasteiger charge is 2.18. The van der Waals surface area contributed by atoms with Crippen molar-refractivity contribution in [3.63, 3.8) is 0 Å². The molecule has 0 aliphatic carbocycles. The van der Waals surface area contributed by atoms with Gasteiger partial charge in [-0.15, -0.1) is 0 Å². The van der Waals surface area contributed by atoms with Gasteiger partial charge in [0.05, 0.1) is 5.69 Å². The van der Waals surface area contributed by atoms with Crippen LogP contribution in [-0.4, -0.2) is 18.0 Å². The molecule has 2 aromatic carbocycles. The predicted octanol–water partition coefficient (Wildman–Crippen LogP) is 4.48. The summed E-state index contributed by atoms with van der Waals surface area (Å²) in [4.78, 5) is 23.9. The molecule has 0 heterocycles. The maximum absolute atomic E-state index is 13.7. The van der Waals surface area contributed by atoms with Gasteiger partial charge in [0.25, 0.3) is 5.91 Å². The van der Waals surface area contributed by atoms with E-state index in [1.54, 1.807) is 12.1 Å². The largest absolute Gasteiger partial charge is 0.449 e.